The molecular formula is C40H39N10O8S2-. The number of ether oxygens (including phenoxy) is 2. The molecule has 5 amide bonds. The minimum Gasteiger partial charge on any atom is -0.456 e. The molecule has 3 aliphatic rings. The zero-order valence-electron chi connectivity index (χ0n) is 32.7. The van der Waals surface area contributed by atoms with Crippen LogP contribution in [0.25, 0.3) is 0 Å². The third-order valence-electron chi connectivity index (χ3n) is 9.32. The minimum absolute atomic E-state index is 0.0362. The second-order valence-corrected chi connectivity index (χ2v) is 16.8. The van der Waals surface area contributed by atoms with Crippen molar-refractivity contribution in [3.63, 3.8) is 0 Å². The van der Waals surface area contributed by atoms with Gasteiger partial charge in [0.05, 0.1) is 5.56 Å². The summed E-state index contributed by atoms with van der Waals surface area (Å²) in [5.74, 6) is -2.94. The number of carbonyl (C=O) groups excluding carboxylic acids is 6. The van der Waals surface area contributed by atoms with Gasteiger partial charge in [-0.3, -0.25) is 14.5 Å². The Hall–Kier alpha value is -6.54. The van der Waals surface area contributed by atoms with Crippen molar-refractivity contribution in [2.45, 2.75) is 55.1 Å². The smallest absolute Gasteiger partial charge is 0.356 e. The zero-order chi connectivity index (χ0) is 42.7. The fourth-order valence-corrected chi connectivity index (χ4v) is 8.82. The standard InChI is InChI=1S/C40H39N10O8S2/c1-40(2,3)58-36(54)24-15-16-26(27(41)17-24)29(44-38(56)49-18-28(51)42-21-49)33(52)43-30-34(53)50-31(25(19-59-35(30)50)20-60-39-45-46-47-48(39)4)37(55)57-32(22-11-7-5-8-12-22)23-13-9-6-10-14-23/h5-17,29-30,32,35H,18-20,41H2,1-4H3,(H,43,52)(H,44,56)/q-1/t29-,30-,35-/m1/s1. The molecule has 4 heterocycles. The molecule has 4 aromatic rings. The average Bonchev–Trinajstić information content (AvgIpc) is 3.86. The average molecular weight is 852 g/mol. The number of anilines is 1. The molecular weight excluding hydrogens is 813 g/mol. The van der Waals surface area contributed by atoms with Crippen molar-refractivity contribution in [1.82, 2.24) is 40.6 Å². The Morgan fingerprint density at radius 2 is 1.68 bits per heavy atom. The Labute approximate surface area is 352 Å². The molecule has 1 aromatic heterocycles. The highest BCUT2D eigenvalue weighted by Crippen LogP contribution is 2.43. The predicted molar refractivity (Wildman–Crippen MR) is 219 cm³/mol. The third-order valence-corrected chi connectivity index (χ3v) is 11.8. The van der Waals surface area contributed by atoms with E-state index in [1.165, 1.54) is 51.3 Å². The van der Waals surface area contributed by atoms with Gasteiger partial charge in [-0.05, 0) is 60.0 Å². The van der Waals surface area contributed by atoms with Gasteiger partial charge in [-0.2, -0.15) is 0 Å². The molecule has 3 aromatic carbocycles. The number of fused-ring (bicyclic) bond motifs is 1. The molecule has 0 bridgehead atoms. The molecule has 4 N–H and O–H groups in total. The molecule has 0 unspecified atom stereocenters. The van der Waals surface area contributed by atoms with E-state index in [1.54, 1.807) is 27.8 Å². The Bertz CT molecular complexity index is 2360. The Morgan fingerprint density at radius 1 is 1.00 bits per heavy atom. The molecule has 20 heteroatoms. The van der Waals surface area contributed by atoms with E-state index >= 15 is 0 Å². The van der Waals surface area contributed by atoms with Crippen LogP contribution < -0.4 is 16.4 Å². The van der Waals surface area contributed by atoms with Crippen LogP contribution in [0.3, 0.4) is 0 Å². The van der Waals surface area contributed by atoms with E-state index < -0.39 is 71.4 Å². The highest BCUT2D eigenvalue weighted by Gasteiger charge is 2.55. The monoisotopic (exact) mass is 851 g/mol. The number of carbonyl (C=O) groups is 6. The van der Waals surface area contributed by atoms with Crippen molar-refractivity contribution in [2.24, 2.45) is 12.0 Å². The van der Waals surface area contributed by atoms with Crippen LogP contribution in [0.15, 0.2) is 100 Å². The highest BCUT2D eigenvalue weighted by molar-refractivity contribution is 8.01. The number of tetrazole rings is 1. The number of nitrogens with two attached hydrogens (primary N) is 1. The van der Waals surface area contributed by atoms with Crippen molar-refractivity contribution in [1.29, 1.82) is 0 Å². The molecule has 0 saturated carbocycles. The van der Waals surface area contributed by atoms with Gasteiger partial charge in [0.2, 0.25) is 17.1 Å². The fourth-order valence-electron chi connectivity index (χ4n) is 6.49. The van der Waals surface area contributed by atoms with Gasteiger partial charge in [0.1, 0.15) is 28.8 Å². The normalized spacial score (nSPS) is 17.9. The maximum Gasteiger partial charge on any atom is 0.356 e. The van der Waals surface area contributed by atoms with Crippen LogP contribution in [-0.2, 0) is 35.7 Å². The Balaban J connectivity index is 1.16. The number of aromatic nitrogens is 4. The first kappa shape index (κ1) is 41.6. The summed E-state index contributed by atoms with van der Waals surface area (Å²) >= 11 is 2.60. The van der Waals surface area contributed by atoms with Gasteiger partial charge < -0.3 is 45.3 Å². The van der Waals surface area contributed by atoms with Crippen LogP contribution in [0.2, 0.25) is 0 Å². The molecule has 1 fully saturated rings. The first-order valence-electron chi connectivity index (χ1n) is 18.5. The first-order chi connectivity index (χ1) is 28.7. The molecule has 3 aliphatic heterocycles. The van der Waals surface area contributed by atoms with Crippen molar-refractivity contribution in [3.8, 4) is 0 Å². The molecule has 0 spiro atoms. The number of β-lactam (4-membered cyclic amide) rings is 1. The van der Waals surface area contributed by atoms with Gasteiger partial charge in [-0.25, -0.2) is 14.3 Å². The quantitative estimate of drug-likeness (QED) is 0.0612. The summed E-state index contributed by atoms with van der Waals surface area (Å²) in [7, 11) is 1.68. The van der Waals surface area contributed by atoms with Crippen LogP contribution in [0.5, 0.6) is 0 Å². The summed E-state index contributed by atoms with van der Waals surface area (Å²) in [6, 6.07) is 19.0. The highest BCUT2D eigenvalue weighted by atomic mass is 32.2. The molecule has 0 aliphatic carbocycles. The largest absolute Gasteiger partial charge is 0.456 e. The lowest BCUT2D eigenvalue weighted by molar-refractivity contribution is -0.154. The molecule has 7 rings (SSSR count). The summed E-state index contributed by atoms with van der Waals surface area (Å²) in [6.07, 6.45) is 1.48. The van der Waals surface area contributed by atoms with E-state index in [2.05, 4.69) is 37.5 Å². The van der Waals surface area contributed by atoms with Gasteiger partial charge >= 0.3 is 11.9 Å². The van der Waals surface area contributed by atoms with E-state index in [-0.39, 0.29) is 34.0 Å². The number of esters is 2. The van der Waals surface area contributed by atoms with Gasteiger partial charge in [0, 0.05) is 42.7 Å². The molecule has 1 saturated heterocycles. The van der Waals surface area contributed by atoms with Crippen LogP contribution in [0.1, 0.15) is 60.0 Å². The number of amides is 5. The lowest BCUT2D eigenvalue weighted by Gasteiger charge is -2.50. The molecule has 18 nitrogen and oxygen atoms in total. The molecule has 3 atom stereocenters. The van der Waals surface area contributed by atoms with Gasteiger partial charge in [0.25, 0.3) is 5.91 Å². The zero-order valence-corrected chi connectivity index (χ0v) is 34.4. The number of urea groups is 1. The Morgan fingerprint density at radius 3 is 2.27 bits per heavy atom. The number of rotatable bonds is 12. The first-order valence-corrected chi connectivity index (χ1v) is 20.5. The lowest BCUT2D eigenvalue weighted by atomic mass is 9.99. The maximum absolute atomic E-state index is 14.4. The van der Waals surface area contributed by atoms with Crippen molar-refractivity contribution < 1.29 is 38.2 Å². The van der Waals surface area contributed by atoms with E-state index in [9.17, 15) is 28.8 Å². The predicted octanol–water partition coefficient (Wildman–Crippen LogP) is 3.02. The van der Waals surface area contributed by atoms with E-state index in [4.69, 9.17) is 15.2 Å². The van der Waals surface area contributed by atoms with Gasteiger partial charge in [-0.15, -0.1) is 16.9 Å². The fraction of sp³-hybridized carbons (Fsp3) is 0.300. The number of nitrogens with zero attached hydrogens (tertiary/aromatic N) is 7. The molecule has 60 heavy (non-hydrogen) atoms. The Kier molecular flexibility index (Phi) is 12.0. The SMILES string of the molecule is Cn1nnnc1SCC1=C(C(=O)OC(c2ccccc2)c2ccccc2)N2C(=O)[C@@H](NC(=O)[C@H](NC(=O)N3[C-]=NC(=O)C3)c3ccc(C(=O)OC(C)(C)C)cc3N)[C@H]2SC1. The summed E-state index contributed by atoms with van der Waals surface area (Å²) in [5, 5.41) is 16.6. The number of benzene rings is 3. The summed E-state index contributed by atoms with van der Waals surface area (Å²) < 4.78 is 13.2. The van der Waals surface area contributed by atoms with Crippen molar-refractivity contribution >= 4 is 71.2 Å². The minimum atomic E-state index is -1.53. The van der Waals surface area contributed by atoms with Crippen molar-refractivity contribution in [2.75, 3.05) is 23.8 Å². The topological polar surface area (TPSA) is 233 Å². The van der Waals surface area contributed by atoms with Gasteiger partial charge in [0.15, 0.2) is 12.0 Å². The molecule has 0 radical (unpaired) electrons. The lowest BCUT2D eigenvalue weighted by Crippen LogP contribution is -2.71. The third kappa shape index (κ3) is 9.03. The number of aliphatic imine (C=N–C) groups is 1. The van der Waals surface area contributed by atoms with Crippen LogP contribution >= 0.6 is 23.5 Å². The van der Waals surface area contributed by atoms with Gasteiger partial charge in [-0.1, -0.05) is 78.5 Å². The number of hydrogen-bond donors (Lipinski definition) is 3. The van der Waals surface area contributed by atoms with Crippen LogP contribution in [0, 0.1) is 0 Å². The summed E-state index contributed by atoms with van der Waals surface area (Å²) in [6.45, 7) is 4.72. The maximum atomic E-state index is 14.4. The van der Waals surface area contributed by atoms with E-state index in [0.717, 1.165) is 4.90 Å². The second kappa shape index (κ2) is 17.4. The second-order valence-electron chi connectivity index (χ2n) is 14.7. The van der Waals surface area contributed by atoms with E-state index in [1.807, 2.05) is 60.7 Å². The molecule has 310 valence electrons. The number of hydrogen-bond acceptors (Lipinski definition) is 14. The van der Waals surface area contributed by atoms with Crippen LogP contribution in [0.4, 0.5) is 10.5 Å². The van der Waals surface area contributed by atoms with Crippen LogP contribution in [-0.4, -0.2) is 107 Å². The number of thioether (sulfide) groups is 2. The van der Waals surface area contributed by atoms with E-state index in [0.29, 0.717) is 21.9 Å². The number of aryl methyl sites for hydroxylation is 1. The summed E-state index contributed by atoms with van der Waals surface area (Å²) in [5.41, 5.74) is 7.81. The number of nitrogen functional groups attached to an aromatic ring is 1. The van der Waals surface area contributed by atoms with Crippen molar-refractivity contribution in [3.05, 3.63) is 112 Å². The number of nitrogens with one attached hydrogen (secondary N) is 2. The summed E-state index contributed by atoms with van der Waals surface area (Å²) in [4.78, 5) is 86.4.